The molecule has 0 aromatic heterocycles. The van der Waals surface area contributed by atoms with Crippen molar-refractivity contribution in [2.45, 2.75) is 51.4 Å². The third kappa shape index (κ3) is 4.82. The normalized spacial score (nSPS) is 14.8. The molecule has 2 nitrogen and oxygen atoms in total. The Morgan fingerprint density at radius 1 is 0.615 bits per heavy atom. The minimum Gasteiger partial charge on any atom is -0.496 e. The SMILES string of the molecule is COc1ccc2cc1CCCCCCCCc1cc(ccc1OC)C#C2. The predicted molar refractivity (Wildman–Crippen MR) is 107 cm³/mol. The molecule has 0 spiro atoms. The molecule has 0 heterocycles. The maximum Gasteiger partial charge on any atom is 0.122 e. The molecular formula is C24H28O2. The molecule has 0 saturated heterocycles. The smallest absolute Gasteiger partial charge is 0.122 e. The van der Waals surface area contributed by atoms with Crippen LogP contribution < -0.4 is 9.47 Å². The minimum absolute atomic E-state index is 0.975. The molecule has 0 saturated carbocycles. The van der Waals surface area contributed by atoms with Crippen LogP contribution in [0.5, 0.6) is 11.5 Å². The van der Waals surface area contributed by atoms with E-state index in [4.69, 9.17) is 9.47 Å². The van der Waals surface area contributed by atoms with Gasteiger partial charge in [-0.3, -0.25) is 0 Å². The lowest BCUT2D eigenvalue weighted by molar-refractivity contribution is 0.408. The molecule has 0 radical (unpaired) electrons. The molecule has 136 valence electrons. The van der Waals surface area contributed by atoms with Crippen LogP contribution in [-0.2, 0) is 12.8 Å². The molecule has 2 aromatic rings. The zero-order valence-electron chi connectivity index (χ0n) is 15.9. The summed E-state index contributed by atoms with van der Waals surface area (Å²) in [5.41, 5.74) is 4.62. The highest BCUT2D eigenvalue weighted by Crippen LogP contribution is 2.24. The predicted octanol–water partition coefficient (Wildman–Crippen LogP) is 5.54. The molecule has 4 bridgehead atoms. The second kappa shape index (κ2) is 9.34. The molecule has 3 rings (SSSR count). The summed E-state index contributed by atoms with van der Waals surface area (Å²) in [6, 6.07) is 12.5. The van der Waals surface area contributed by atoms with Crippen molar-refractivity contribution in [3.8, 4) is 23.3 Å². The molecule has 0 unspecified atom stereocenters. The fourth-order valence-electron chi connectivity index (χ4n) is 3.59. The summed E-state index contributed by atoms with van der Waals surface area (Å²) in [4.78, 5) is 0. The van der Waals surface area contributed by atoms with Gasteiger partial charge in [-0.1, -0.05) is 37.5 Å². The monoisotopic (exact) mass is 348 g/mol. The second-order valence-corrected chi connectivity index (χ2v) is 6.92. The first kappa shape index (κ1) is 18.4. The Labute approximate surface area is 157 Å². The second-order valence-electron chi connectivity index (χ2n) is 6.92. The maximum absolute atomic E-state index is 5.53. The van der Waals surface area contributed by atoms with Gasteiger partial charge < -0.3 is 9.47 Å². The highest BCUT2D eigenvalue weighted by molar-refractivity contribution is 5.50. The summed E-state index contributed by atoms with van der Waals surface area (Å²) in [7, 11) is 3.49. The Bertz CT molecular complexity index is 730. The van der Waals surface area contributed by atoms with E-state index in [0.717, 1.165) is 35.5 Å². The number of hydrogen-bond acceptors (Lipinski definition) is 2. The zero-order valence-corrected chi connectivity index (χ0v) is 15.9. The van der Waals surface area contributed by atoms with Crippen molar-refractivity contribution in [2.24, 2.45) is 0 Å². The van der Waals surface area contributed by atoms with Crippen LogP contribution in [0.15, 0.2) is 36.4 Å². The molecule has 1 aliphatic carbocycles. The van der Waals surface area contributed by atoms with E-state index in [1.54, 1.807) is 14.2 Å². The average molecular weight is 348 g/mol. The Morgan fingerprint density at radius 2 is 1.04 bits per heavy atom. The number of aryl methyl sites for hydroxylation is 2. The summed E-state index contributed by atoms with van der Waals surface area (Å²) in [6.45, 7) is 0. The topological polar surface area (TPSA) is 18.5 Å². The van der Waals surface area contributed by atoms with Crippen LogP contribution in [0, 0.1) is 11.8 Å². The van der Waals surface area contributed by atoms with Crippen LogP contribution in [-0.4, -0.2) is 14.2 Å². The van der Waals surface area contributed by atoms with Crippen molar-refractivity contribution in [3.63, 3.8) is 0 Å². The third-order valence-corrected chi connectivity index (χ3v) is 5.05. The Morgan fingerprint density at radius 3 is 1.46 bits per heavy atom. The fraction of sp³-hybridized carbons (Fsp3) is 0.417. The van der Waals surface area contributed by atoms with Gasteiger partial charge in [0.25, 0.3) is 0 Å². The molecular weight excluding hydrogens is 320 g/mol. The number of hydrogen-bond donors (Lipinski definition) is 0. The Balaban J connectivity index is 1.93. The summed E-state index contributed by atoms with van der Waals surface area (Å²) < 4.78 is 11.1. The summed E-state index contributed by atoms with van der Waals surface area (Å²) in [5.74, 6) is 8.59. The quantitative estimate of drug-likeness (QED) is 0.663. The largest absolute Gasteiger partial charge is 0.496 e. The van der Waals surface area contributed by atoms with E-state index in [-0.39, 0.29) is 0 Å². The van der Waals surface area contributed by atoms with Crippen LogP contribution >= 0.6 is 0 Å². The van der Waals surface area contributed by atoms with Gasteiger partial charge in [-0.05, 0) is 73.2 Å². The van der Waals surface area contributed by atoms with Crippen molar-refractivity contribution >= 4 is 0 Å². The van der Waals surface area contributed by atoms with Gasteiger partial charge in [-0.25, -0.2) is 0 Å². The molecule has 1 aliphatic rings. The van der Waals surface area contributed by atoms with Gasteiger partial charge in [0, 0.05) is 11.1 Å². The lowest BCUT2D eigenvalue weighted by atomic mass is 9.99. The van der Waals surface area contributed by atoms with Crippen molar-refractivity contribution in [3.05, 3.63) is 58.7 Å². The van der Waals surface area contributed by atoms with E-state index in [0.29, 0.717) is 0 Å². The lowest BCUT2D eigenvalue weighted by Gasteiger charge is -2.11. The number of benzene rings is 2. The summed E-state index contributed by atoms with van der Waals surface area (Å²) >= 11 is 0. The van der Waals surface area contributed by atoms with Crippen molar-refractivity contribution in [1.29, 1.82) is 0 Å². The highest BCUT2D eigenvalue weighted by atomic mass is 16.5. The number of rotatable bonds is 2. The zero-order chi connectivity index (χ0) is 18.2. The molecule has 0 N–H and O–H groups in total. The van der Waals surface area contributed by atoms with Gasteiger partial charge in [-0.2, -0.15) is 0 Å². The van der Waals surface area contributed by atoms with E-state index >= 15 is 0 Å². The van der Waals surface area contributed by atoms with Crippen LogP contribution in [0.2, 0.25) is 0 Å². The molecule has 0 fully saturated rings. The third-order valence-electron chi connectivity index (χ3n) is 5.05. The first-order valence-corrected chi connectivity index (χ1v) is 9.66. The Kier molecular flexibility index (Phi) is 6.61. The average Bonchev–Trinajstić information content (AvgIpc) is 2.68. The lowest BCUT2D eigenvalue weighted by Crippen LogP contribution is -1.96. The molecule has 0 atom stereocenters. The van der Waals surface area contributed by atoms with Gasteiger partial charge >= 0.3 is 0 Å². The molecule has 26 heavy (non-hydrogen) atoms. The van der Waals surface area contributed by atoms with Crippen molar-refractivity contribution in [2.75, 3.05) is 14.2 Å². The van der Waals surface area contributed by atoms with E-state index in [2.05, 4.69) is 24.0 Å². The first-order valence-electron chi connectivity index (χ1n) is 9.66. The van der Waals surface area contributed by atoms with E-state index in [1.807, 2.05) is 24.3 Å². The van der Waals surface area contributed by atoms with Crippen LogP contribution in [0.4, 0.5) is 0 Å². The number of methoxy groups -OCH3 is 2. The van der Waals surface area contributed by atoms with Crippen LogP contribution in [0.3, 0.4) is 0 Å². The van der Waals surface area contributed by atoms with Crippen molar-refractivity contribution < 1.29 is 9.47 Å². The van der Waals surface area contributed by atoms with Gasteiger partial charge in [0.1, 0.15) is 11.5 Å². The number of fused-ring (bicyclic) bond motifs is 4. The molecule has 0 amide bonds. The van der Waals surface area contributed by atoms with Gasteiger partial charge in [0.2, 0.25) is 0 Å². The first-order chi connectivity index (χ1) is 12.8. The maximum atomic E-state index is 5.53. The number of ether oxygens (including phenoxy) is 2. The van der Waals surface area contributed by atoms with Crippen LogP contribution in [0.25, 0.3) is 0 Å². The van der Waals surface area contributed by atoms with Gasteiger partial charge in [0.15, 0.2) is 0 Å². The molecule has 2 aromatic carbocycles. The van der Waals surface area contributed by atoms with E-state index in [9.17, 15) is 0 Å². The van der Waals surface area contributed by atoms with E-state index in [1.165, 1.54) is 49.7 Å². The highest BCUT2D eigenvalue weighted by Gasteiger charge is 2.06. The van der Waals surface area contributed by atoms with E-state index < -0.39 is 0 Å². The summed E-state index contributed by atoms with van der Waals surface area (Å²) in [5, 5.41) is 0. The summed E-state index contributed by atoms with van der Waals surface area (Å²) in [6.07, 6.45) is 9.70. The van der Waals surface area contributed by atoms with Gasteiger partial charge in [-0.15, -0.1) is 0 Å². The van der Waals surface area contributed by atoms with Gasteiger partial charge in [0.05, 0.1) is 14.2 Å². The van der Waals surface area contributed by atoms with Crippen LogP contribution in [0.1, 0.15) is 60.8 Å². The minimum atomic E-state index is 0.975. The Hall–Kier alpha value is -2.40. The van der Waals surface area contributed by atoms with Crippen molar-refractivity contribution in [1.82, 2.24) is 0 Å². The molecule has 0 aliphatic heterocycles. The standard InChI is InChI=1S/C24H28O2/c1-25-23-15-13-19-11-12-20-14-16-24(26-2)22(18-20)10-8-6-4-3-5-7-9-21(23)17-19/h13-18H,3-10H2,1-2H3. The molecule has 2 heteroatoms. The fourth-order valence-corrected chi connectivity index (χ4v) is 3.59.